The number of hydrogen-bond acceptors (Lipinski definition) is 3. The SMILES string of the molecule is C=CO[P+](=O)c1ccccc1C(=O)C(C)(C)C. The summed E-state index contributed by atoms with van der Waals surface area (Å²) in [7, 11) is -2.07. The summed E-state index contributed by atoms with van der Waals surface area (Å²) in [5.41, 5.74) is -0.0663. The molecule has 0 saturated heterocycles. The maximum absolute atomic E-state index is 12.2. The monoisotopic (exact) mass is 251 g/mol. The van der Waals surface area contributed by atoms with Crippen LogP contribution in [0.4, 0.5) is 0 Å². The Labute approximate surface area is 102 Å². The second-order valence-corrected chi connectivity index (χ2v) is 5.83. The summed E-state index contributed by atoms with van der Waals surface area (Å²) in [6.07, 6.45) is 1.12. The zero-order valence-electron chi connectivity index (χ0n) is 10.3. The molecule has 0 N–H and O–H groups in total. The van der Waals surface area contributed by atoms with Gasteiger partial charge in [0.1, 0.15) is 6.26 Å². The van der Waals surface area contributed by atoms with Crippen LogP contribution in [0.25, 0.3) is 0 Å². The fourth-order valence-corrected chi connectivity index (χ4v) is 2.18. The number of ketones is 1. The summed E-state index contributed by atoms with van der Waals surface area (Å²) in [6, 6.07) is 6.79. The number of carbonyl (C=O) groups is 1. The quantitative estimate of drug-likeness (QED) is 0.467. The van der Waals surface area contributed by atoms with Gasteiger partial charge in [0.05, 0.1) is 5.56 Å². The highest BCUT2D eigenvalue weighted by Crippen LogP contribution is 2.27. The molecular formula is C13H16O3P+. The molecule has 4 heteroatoms. The van der Waals surface area contributed by atoms with E-state index < -0.39 is 13.4 Å². The first-order valence-corrected chi connectivity index (χ1v) is 6.44. The number of Topliss-reactive ketones (excluding diaryl/α,β-unsaturated/α-hetero) is 1. The van der Waals surface area contributed by atoms with Crippen LogP contribution in [0.1, 0.15) is 31.1 Å². The lowest BCUT2D eigenvalue weighted by Gasteiger charge is -2.16. The Morgan fingerprint density at radius 3 is 2.47 bits per heavy atom. The molecule has 0 heterocycles. The molecule has 0 saturated carbocycles. The van der Waals surface area contributed by atoms with Gasteiger partial charge in [-0.25, -0.2) is 0 Å². The maximum atomic E-state index is 12.2. The molecule has 1 aromatic carbocycles. The van der Waals surface area contributed by atoms with Crippen LogP contribution >= 0.6 is 8.03 Å². The normalized spacial score (nSPS) is 11.8. The van der Waals surface area contributed by atoms with Gasteiger partial charge in [-0.1, -0.05) is 39.5 Å². The Morgan fingerprint density at radius 1 is 1.35 bits per heavy atom. The van der Waals surface area contributed by atoms with Gasteiger partial charge in [-0.3, -0.25) is 9.32 Å². The van der Waals surface area contributed by atoms with Crippen LogP contribution in [-0.4, -0.2) is 5.78 Å². The fraction of sp³-hybridized carbons (Fsp3) is 0.308. The van der Waals surface area contributed by atoms with Gasteiger partial charge in [0, 0.05) is 5.41 Å². The Kier molecular flexibility index (Phi) is 4.19. The molecule has 1 aromatic rings. The van der Waals surface area contributed by atoms with Crippen LogP contribution in [0.5, 0.6) is 0 Å². The molecule has 0 bridgehead atoms. The van der Waals surface area contributed by atoms with Crippen molar-refractivity contribution >= 4 is 19.1 Å². The van der Waals surface area contributed by atoms with Crippen molar-refractivity contribution in [3.8, 4) is 0 Å². The standard InChI is InChI=1S/C13H16O3P/c1-5-16-17(15)11-9-7-6-8-10(11)12(14)13(2,3)4/h5-9H,1H2,2-4H3/q+1. The number of rotatable bonds is 4. The van der Waals surface area contributed by atoms with Crippen molar-refractivity contribution in [2.24, 2.45) is 5.41 Å². The topological polar surface area (TPSA) is 43.4 Å². The van der Waals surface area contributed by atoms with Gasteiger partial charge in [-0.05, 0) is 16.7 Å². The number of hydrogen-bond donors (Lipinski definition) is 0. The predicted octanol–water partition coefficient (Wildman–Crippen LogP) is 3.44. The molecular weight excluding hydrogens is 235 g/mol. The third-order valence-corrected chi connectivity index (χ3v) is 3.32. The second kappa shape index (κ2) is 5.24. The highest BCUT2D eigenvalue weighted by Gasteiger charge is 2.33. The van der Waals surface area contributed by atoms with Gasteiger partial charge in [-0.2, -0.15) is 0 Å². The van der Waals surface area contributed by atoms with Gasteiger partial charge in [0.25, 0.3) is 0 Å². The molecule has 0 radical (unpaired) electrons. The largest absolute Gasteiger partial charge is 0.597 e. The van der Waals surface area contributed by atoms with E-state index in [4.69, 9.17) is 4.52 Å². The van der Waals surface area contributed by atoms with Crippen molar-refractivity contribution in [2.45, 2.75) is 20.8 Å². The van der Waals surface area contributed by atoms with Gasteiger partial charge in [-0.15, -0.1) is 0 Å². The number of benzene rings is 1. The van der Waals surface area contributed by atoms with Crippen molar-refractivity contribution < 1.29 is 13.9 Å². The molecule has 1 rings (SSSR count). The predicted molar refractivity (Wildman–Crippen MR) is 68.8 cm³/mol. The van der Waals surface area contributed by atoms with Crippen LogP contribution in [0.15, 0.2) is 37.1 Å². The lowest BCUT2D eigenvalue weighted by atomic mass is 9.86. The fourth-order valence-electron chi connectivity index (χ4n) is 1.35. The van der Waals surface area contributed by atoms with Crippen molar-refractivity contribution in [3.63, 3.8) is 0 Å². The van der Waals surface area contributed by atoms with E-state index in [0.717, 1.165) is 6.26 Å². The van der Waals surface area contributed by atoms with Crippen LogP contribution in [0.3, 0.4) is 0 Å². The number of carbonyl (C=O) groups excluding carboxylic acids is 1. The minimum Gasteiger partial charge on any atom is -0.293 e. The van der Waals surface area contributed by atoms with E-state index in [0.29, 0.717) is 10.9 Å². The zero-order valence-corrected chi connectivity index (χ0v) is 11.2. The summed E-state index contributed by atoms with van der Waals surface area (Å²) in [5, 5.41) is 0.419. The Hall–Kier alpha value is -1.47. The smallest absolute Gasteiger partial charge is 0.293 e. The molecule has 0 fully saturated rings. The molecule has 0 aliphatic heterocycles. The second-order valence-electron chi connectivity index (χ2n) is 4.63. The molecule has 0 spiro atoms. The molecule has 90 valence electrons. The van der Waals surface area contributed by atoms with E-state index in [1.54, 1.807) is 24.3 Å². The van der Waals surface area contributed by atoms with Gasteiger partial charge in [0.15, 0.2) is 5.78 Å². The first-order chi connectivity index (χ1) is 7.88. The van der Waals surface area contributed by atoms with Gasteiger partial charge < -0.3 is 0 Å². The lowest BCUT2D eigenvalue weighted by molar-refractivity contribution is 0.0859. The maximum Gasteiger partial charge on any atom is 0.597 e. The average molecular weight is 251 g/mol. The van der Waals surface area contributed by atoms with Crippen LogP contribution in [0, 0.1) is 5.41 Å². The Bertz CT molecular complexity index is 458. The van der Waals surface area contributed by atoms with E-state index >= 15 is 0 Å². The first kappa shape index (κ1) is 13.6. The first-order valence-electron chi connectivity index (χ1n) is 5.26. The summed E-state index contributed by atoms with van der Waals surface area (Å²) in [4.78, 5) is 12.2. The highest BCUT2D eigenvalue weighted by molar-refractivity contribution is 7.48. The molecule has 0 amide bonds. The minimum atomic E-state index is -2.07. The molecule has 0 aliphatic carbocycles. The Morgan fingerprint density at radius 2 is 1.94 bits per heavy atom. The van der Waals surface area contributed by atoms with E-state index in [-0.39, 0.29) is 5.78 Å². The highest BCUT2D eigenvalue weighted by atomic mass is 31.1. The molecule has 1 atom stereocenters. The zero-order chi connectivity index (χ0) is 13.1. The molecule has 0 aromatic heterocycles. The third-order valence-electron chi connectivity index (χ3n) is 2.20. The van der Waals surface area contributed by atoms with E-state index in [1.807, 2.05) is 20.8 Å². The molecule has 3 nitrogen and oxygen atoms in total. The summed E-state index contributed by atoms with van der Waals surface area (Å²) in [6.45, 7) is 8.84. The van der Waals surface area contributed by atoms with Crippen molar-refractivity contribution in [3.05, 3.63) is 42.7 Å². The molecule has 1 unspecified atom stereocenters. The molecule has 0 aliphatic rings. The summed E-state index contributed by atoms with van der Waals surface area (Å²) in [5.74, 6) is -0.0517. The summed E-state index contributed by atoms with van der Waals surface area (Å²) < 4.78 is 16.7. The van der Waals surface area contributed by atoms with Crippen LogP contribution in [0.2, 0.25) is 0 Å². The minimum absolute atomic E-state index is 0.0517. The van der Waals surface area contributed by atoms with Gasteiger partial charge >= 0.3 is 8.03 Å². The lowest BCUT2D eigenvalue weighted by Crippen LogP contribution is -2.25. The Balaban J connectivity index is 3.21. The van der Waals surface area contributed by atoms with Crippen LogP contribution in [-0.2, 0) is 9.09 Å². The van der Waals surface area contributed by atoms with Crippen molar-refractivity contribution in [1.29, 1.82) is 0 Å². The van der Waals surface area contributed by atoms with Crippen molar-refractivity contribution in [2.75, 3.05) is 0 Å². The van der Waals surface area contributed by atoms with E-state index in [9.17, 15) is 9.36 Å². The van der Waals surface area contributed by atoms with E-state index in [1.165, 1.54) is 0 Å². The van der Waals surface area contributed by atoms with Crippen molar-refractivity contribution in [1.82, 2.24) is 0 Å². The third kappa shape index (κ3) is 3.24. The van der Waals surface area contributed by atoms with E-state index in [2.05, 4.69) is 6.58 Å². The molecule has 17 heavy (non-hydrogen) atoms. The summed E-state index contributed by atoms with van der Waals surface area (Å²) >= 11 is 0. The van der Waals surface area contributed by atoms with Crippen LogP contribution < -0.4 is 5.30 Å². The average Bonchev–Trinajstić information content (AvgIpc) is 2.27. The van der Waals surface area contributed by atoms with Gasteiger partial charge in [0.2, 0.25) is 5.30 Å².